The summed E-state index contributed by atoms with van der Waals surface area (Å²) in [5, 5.41) is 9.31. The second-order valence-corrected chi connectivity index (χ2v) is 3.54. The van der Waals surface area contributed by atoms with Gasteiger partial charge in [-0.3, -0.25) is 0 Å². The molecule has 0 bridgehead atoms. The summed E-state index contributed by atoms with van der Waals surface area (Å²) in [6.45, 7) is 6.51. The highest BCUT2D eigenvalue weighted by Crippen LogP contribution is 2.13. The minimum absolute atomic E-state index is 0.245. The lowest BCUT2D eigenvalue weighted by atomic mass is 10.3. The lowest BCUT2D eigenvalue weighted by Crippen LogP contribution is -2.16. The Morgan fingerprint density at radius 3 is 2.50 bits per heavy atom. The van der Waals surface area contributed by atoms with Crippen molar-refractivity contribution in [1.82, 2.24) is 0 Å². The molecule has 0 saturated carbocycles. The summed E-state index contributed by atoms with van der Waals surface area (Å²) in [5.41, 5.74) is 0. The number of hydrogen-bond acceptors (Lipinski definition) is 3. The first-order valence-electron chi connectivity index (χ1n) is 3.56. The summed E-state index contributed by atoms with van der Waals surface area (Å²) in [5.74, 6) is 0.683. The van der Waals surface area contributed by atoms with Crippen molar-refractivity contribution in [1.29, 1.82) is 0 Å². The number of aliphatic hydroxyl groups is 1. The maximum Gasteiger partial charge on any atom is 0.0924 e. The van der Waals surface area contributed by atoms with Gasteiger partial charge in [0.15, 0.2) is 0 Å². The Hall–Kier alpha value is 0.270. The number of aliphatic hydroxyl groups excluding tert-OH is 1. The van der Waals surface area contributed by atoms with Crippen LogP contribution in [0.2, 0.25) is 0 Å². The second kappa shape index (κ2) is 6.01. The van der Waals surface area contributed by atoms with Gasteiger partial charge in [-0.1, -0.05) is 6.92 Å². The monoisotopic (exact) mass is 164 g/mol. The maximum absolute atomic E-state index is 9.04. The zero-order valence-corrected chi connectivity index (χ0v) is 7.65. The molecular formula is C7H16O2S. The van der Waals surface area contributed by atoms with Gasteiger partial charge in [0.2, 0.25) is 0 Å². The van der Waals surface area contributed by atoms with Crippen LogP contribution in [0.1, 0.15) is 20.8 Å². The van der Waals surface area contributed by atoms with E-state index in [1.54, 1.807) is 18.7 Å². The Balaban J connectivity index is 3.13. The van der Waals surface area contributed by atoms with Gasteiger partial charge in [-0.2, -0.15) is 0 Å². The van der Waals surface area contributed by atoms with Crippen LogP contribution >= 0.6 is 11.8 Å². The van der Waals surface area contributed by atoms with Gasteiger partial charge in [0.25, 0.3) is 0 Å². The van der Waals surface area contributed by atoms with Crippen LogP contribution in [0.5, 0.6) is 0 Å². The lowest BCUT2D eigenvalue weighted by molar-refractivity contribution is 0.186. The quantitative estimate of drug-likeness (QED) is 0.493. The van der Waals surface area contributed by atoms with Crippen molar-refractivity contribution in [2.24, 2.45) is 0 Å². The fourth-order valence-corrected chi connectivity index (χ4v) is 1.13. The molecule has 0 aromatic rings. The fraction of sp³-hybridized carbons (Fsp3) is 1.00. The molecule has 0 heterocycles. The Morgan fingerprint density at radius 2 is 2.10 bits per heavy atom. The van der Waals surface area contributed by atoms with Crippen molar-refractivity contribution in [3.63, 3.8) is 0 Å². The summed E-state index contributed by atoms with van der Waals surface area (Å²) in [4.78, 5) is 0. The molecule has 0 aromatic heterocycles. The zero-order valence-electron chi connectivity index (χ0n) is 6.83. The molecule has 0 aliphatic heterocycles. The molecule has 0 saturated heterocycles. The molecular weight excluding hydrogens is 148 g/mol. The van der Waals surface area contributed by atoms with Crippen LogP contribution < -0.4 is 0 Å². The maximum atomic E-state index is 9.04. The summed E-state index contributed by atoms with van der Waals surface area (Å²) in [6.07, 6.45) is -0.245. The van der Waals surface area contributed by atoms with E-state index in [0.717, 1.165) is 6.61 Å². The number of thioether (sulfide) groups is 1. The van der Waals surface area contributed by atoms with Crippen LogP contribution in [0.4, 0.5) is 0 Å². The van der Waals surface area contributed by atoms with Crippen molar-refractivity contribution in [2.45, 2.75) is 32.1 Å². The molecule has 0 rings (SSSR count). The van der Waals surface area contributed by atoms with E-state index in [2.05, 4.69) is 0 Å². The van der Waals surface area contributed by atoms with Gasteiger partial charge in [0.1, 0.15) is 0 Å². The van der Waals surface area contributed by atoms with Crippen molar-refractivity contribution in [3.05, 3.63) is 0 Å². The van der Waals surface area contributed by atoms with E-state index >= 15 is 0 Å². The van der Waals surface area contributed by atoms with Crippen LogP contribution in [0.3, 0.4) is 0 Å². The molecule has 1 N–H and O–H groups in total. The third kappa shape index (κ3) is 5.09. The molecule has 0 spiro atoms. The third-order valence-corrected chi connectivity index (χ3v) is 2.52. The predicted molar refractivity (Wildman–Crippen MR) is 45.2 cm³/mol. The number of hydrogen-bond donors (Lipinski definition) is 1. The SMILES string of the molecule is CCOCSC(C)C(C)O. The second-order valence-electron chi connectivity index (χ2n) is 2.22. The van der Waals surface area contributed by atoms with Crippen LogP contribution in [0.25, 0.3) is 0 Å². The van der Waals surface area contributed by atoms with Gasteiger partial charge < -0.3 is 9.84 Å². The fourth-order valence-electron chi connectivity index (χ4n) is 0.378. The topological polar surface area (TPSA) is 29.5 Å². The average molecular weight is 164 g/mol. The molecule has 0 radical (unpaired) electrons. The van der Waals surface area contributed by atoms with Crippen molar-refractivity contribution < 1.29 is 9.84 Å². The zero-order chi connectivity index (χ0) is 7.98. The lowest BCUT2D eigenvalue weighted by Gasteiger charge is -2.13. The molecule has 0 fully saturated rings. The first-order valence-corrected chi connectivity index (χ1v) is 4.60. The van der Waals surface area contributed by atoms with Crippen LogP contribution in [0, 0.1) is 0 Å². The Kier molecular flexibility index (Phi) is 6.17. The molecule has 10 heavy (non-hydrogen) atoms. The molecule has 0 aliphatic carbocycles. The van der Waals surface area contributed by atoms with Crippen LogP contribution in [-0.2, 0) is 4.74 Å². The highest BCUT2D eigenvalue weighted by molar-refractivity contribution is 7.99. The van der Waals surface area contributed by atoms with E-state index in [1.807, 2.05) is 13.8 Å². The minimum atomic E-state index is -0.245. The van der Waals surface area contributed by atoms with Gasteiger partial charge in [-0.05, 0) is 13.8 Å². The van der Waals surface area contributed by atoms with Gasteiger partial charge in [-0.15, -0.1) is 11.8 Å². The van der Waals surface area contributed by atoms with Crippen molar-refractivity contribution >= 4 is 11.8 Å². The largest absolute Gasteiger partial charge is 0.392 e. The molecule has 0 amide bonds. The van der Waals surface area contributed by atoms with E-state index in [9.17, 15) is 0 Å². The molecule has 0 aromatic carbocycles. The highest BCUT2D eigenvalue weighted by Gasteiger charge is 2.07. The van der Waals surface area contributed by atoms with Gasteiger partial charge in [-0.25, -0.2) is 0 Å². The first-order chi connectivity index (χ1) is 4.68. The summed E-state index contributed by atoms with van der Waals surface area (Å²) in [7, 11) is 0. The summed E-state index contributed by atoms with van der Waals surface area (Å²) in [6, 6.07) is 0. The van der Waals surface area contributed by atoms with E-state index in [4.69, 9.17) is 9.84 Å². The number of ether oxygens (including phenoxy) is 1. The summed E-state index contributed by atoms with van der Waals surface area (Å²) < 4.78 is 5.11. The molecule has 2 nitrogen and oxygen atoms in total. The average Bonchev–Trinajstić information content (AvgIpc) is 1.88. The van der Waals surface area contributed by atoms with Gasteiger partial charge in [0, 0.05) is 11.9 Å². The van der Waals surface area contributed by atoms with E-state index in [1.165, 1.54) is 0 Å². The Morgan fingerprint density at radius 1 is 1.50 bits per heavy atom. The van der Waals surface area contributed by atoms with E-state index < -0.39 is 0 Å². The summed E-state index contributed by atoms with van der Waals surface area (Å²) >= 11 is 1.64. The highest BCUT2D eigenvalue weighted by atomic mass is 32.2. The molecule has 2 atom stereocenters. The van der Waals surface area contributed by atoms with E-state index in [0.29, 0.717) is 5.94 Å². The van der Waals surface area contributed by atoms with Gasteiger partial charge >= 0.3 is 0 Å². The number of rotatable bonds is 5. The molecule has 2 unspecified atom stereocenters. The van der Waals surface area contributed by atoms with Crippen LogP contribution in [0.15, 0.2) is 0 Å². The normalized spacial score (nSPS) is 16.8. The van der Waals surface area contributed by atoms with Crippen molar-refractivity contribution in [2.75, 3.05) is 12.5 Å². The van der Waals surface area contributed by atoms with Crippen molar-refractivity contribution in [3.8, 4) is 0 Å². The molecule has 62 valence electrons. The predicted octanol–water partition coefficient (Wildman–Crippen LogP) is 1.48. The van der Waals surface area contributed by atoms with Gasteiger partial charge in [0.05, 0.1) is 12.0 Å². The van der Waals surface area contributed by atoms with E-state index in [-0.39, 0.29) is 11.4 Å². The first kappa shape index (κ1) is 10.3. The standard InChI is InChI=1S/C7H16O2S/c1-4-9-5-10-7(3)6(2)8/h6-8H,4-5H2,1-3H3. The molecule has 3 heteroatoms. The smallest absolute Gasteiger partial charge is 0.0924 e. The van der Waals surface area contributed by atoms with Crippen LogP contribution in [-0.4, -0.2) is 29.0 Å². The molecule has 0 aliphatic rings. The minimum Gasteiger partial charge on any atom is -0.392 e. The third-order valence-electron chi connectivity index (χ3n) is 1.30. The Labute approximate surface area is 67.0 Å². The Bertz CT molecular complexity index is 76.0.